The minimum Gasteiger partial charge on any atom is -0.459 e. The van der Waals surface area contributed by atoms with Crippen LogP contribution in [0.1, 0.15) is 21.0 Å². The number of aromatic nitrogens is 2. The number of carbonyl (C=O) groups is 2. The highest BCUT2D eigenvalue weighted by Gasteiger charge is 2.26. The summed E-state index contributed by atoms with van der Waals surface area (Å²) in [6, 6.07) is 3.33. The summed E-state index contributed by atoms with van der Waals surface area (Å²) in [5.41, 5.74) is 0.468. The van der Waals surface area contributed by atoms with Gasteiger partial charge in [0.1, 0.15) is 5.69 Å². The molecule has 0 aromatic carbocycles. The van der Waals surface area contributed by atoms with Crippen LogP contribution in [0.15, 0.2) is 35.3 Å². The van der Waals surface area contributed by atoms with Crippen molar-refractivity contribution in [3.63, 3.8) is 0 Å². The summed E-state index contributed by atoms with van der Waals surface area (Å²) in [4.78, 5) is 34.2. The zero-order valence-corrected chi connectivity index (χ0v) is 10.8. The number of carbonyl (C=O) groups excluding carboxylic acids is 2. The molecule has 0 atom stereocenters. The van der Waals surface area contributed by atoms with Crippen LogP contribution in [-0.4, -0.2) is 57.8 Å². The number of rotatable bonds is 2. The zero-order valence-electron chi connectivity index (χ0n) is 10.8. The van der Waals surface area contributed by atoms with Gasteiger partial charge in [0, 0.05) is 26.2 Å². The van der Waals surface area contributed by atoms with Crippen LogP contribution >= 0.6 is 0 Å². The molecule has 2 aromatic heterocycles. The van der Waals surface area contributed by atoms with E-state index in [9.17, 15) is 9.59 Å². The fourth-order valence-corrected chi connectivity index (χ4v) is 2.21. The largest absolute Gasteiger partial charge is 0.459 e. The van der Waals surface area contributed by atoms with Crippen LogP contribution in [0.4, 0.5) is 0 Å². The highest BCUT2D eigenvalue weighted by atomic mass is 16.3. The van der Waals surface area contributed by atoms with Crippen molar-refractivity contribution in [1.82, 2.24) is 19.8 Å². The number of piperazine rings is 1. The van der Waals surface area contributed by atoms with Crippen molar-refractivity contribution >= 4 is 11.8 Å². The number of aromatic amines is 1. The van der Waals surface area contributed by atoms with Gasteiger partial charge >= 0.3 is 0 Å². The fourth-order valence-electron chi connectivity index (χ4n) is 2.21. The molecule has 1 fully saturated rings. The first-order valence-corrected chi connectivity index (χ1v) is 6.36. The Morgan fingerprint density at radius 1 is 1.15 bits per heavy atom. The lowest BCUT2D eigenvalue weighted by Gasteiger charge is -2.34. The van der Waals surface area contributed by atoms with E-state index in [1.807, 2.05) is 0 Å². The summed E-state index contributed by atoms with van der Waals surface area (Å²) in [5.74, 6) is 0.106. The second kappa shape index (κ2) is 5.20. The van der Waals surface area contributed by atoms with Gasteiger partial charge in [-0.3, -0.25) is 9.59 Å². The predicted octanol–water partition coefficient (Wildman–Crippen LogP) is 0.601. The monoisotopic (exact) mass is 274 g/mol. The quantitative estimate of drug-likeness (QED) is 0.869. The maximum atomic E-state index is 12.1. The number of H-pyrrole nitrogens is 1. The third-order valence-corrected chi connectivity index (χ3v) is 3.31. The molecule has 20 heavy (non-hydrogen) atoms. The van der Waals surface area contributed by atoms with Gasteiger partial charge in [0.15, 0.2) is 5.76 Å². The molecule has 7 nitrogen and oxygen atoms in total. The summed E-state index contributed by atoms with van der Waals surface area (Å²) < 4.78 is 5.10. The molecule has 3 rings (SSSR count). The van der Waals surface area contributed by atoms with Crippen LogP contribution < -0.4 is 0 Å². The molecule has 2 amide bonds. The van der Waals surface area contributed by atoms with Crippen molar-refractivity contribution in [3.8, 4) is 0 Å². The van der Waals surface area contributed by atoms with E-state index in [2.05, 4.69) is 9.97 Å². The molecule has 3 heterocycles. The van der Waals surface area contributed by atoms with Crippen LogP contribution in [0.3, 0.4) is 0 Å². The minimum absolute atomic E-state index is 0.0902. The van der Waals surface area contributed by atoms with Crippen molar-refractivity contribution in [3.05, 3.63) is 42.4 Å². The van der Waals surface area contributed by atoms with E-state index in [1.54, 1.807) is 21.9 Å². The molecular formula is C13H14N4O3. The average Bonchev–Trinajstić information content (AvgIpc) is 3.18. The van der Waals surface area contributed by atoms with Gasteiger partial charge in [-0.25, -0.2) is 4.98 Å². The van der Waals surface area contributed by atoms with Crippen molar-refractivity contribution < 1.29 is 14.0 Å². The minimum atomic E-state index is -0.136. The topological polar surface area (TPSA) is 82.4 Å². The predicted molar refractivity (Wildman–Crippen MR) is 69.1 cm³/mol. The van der Waals surface area contributed by atoms with Gasteiger partial charge in [0.05, 0.1) is 18.8 Å². The van der Waals surface area contributed by atoms with Gasteiger partial charge in [-0.05, 0) is 12.1 Å². The van der Waals surface area contributed by atoms with Crippen molar-refractivity contribution in [1.29, 1.82) is 0 Å². The lowest BCUT2D eigenvalue weighted by molar-refractivity contribution is 0.0515. The van der Waals surface area contributed by atoms with E-state index in [-0.39, 0.29) is 11.8 Å². The Morgan fingerprint density at radius 2 is 1.85 bits per heavy atom. The Morgan fingerprint density at radius 3 is 2.40 bits per heavy atom. The van der Waals surface area contributed by atoms with E-state index in [0.717, 1.165) is 0 Å². The summed E-state index contributed by atoms with van der Waals surface area (Å²) >= 11 is 0. The van der Waals surface area contributed by atoms with E-state index < -0.39 is 0 Å². The molecular weight excluding hydrogens is 260 g/mol. The van der Waals surface area contributed by atoms with Crippen molar-refractivity contribution in [2.24, 2.45) is 0 Å². The van der Waals surface area contributed by atoms with E-state index in [4.69, 9.17) is 4.42 Å². The summed E-state index contributed by atoms with van der Waals surface area (Å²) in [5, 5.41) is 0. The van der Waals surface area contributed by atoms with Crippen LogP contribution in [-0.2, 0) is 0 Å². The Kier molecular flexibility index (Phi) is 3.24. The van der Waals surface area contributed by atoms with Crippen LogP contribution in [0.2, 0.25) is 0 Å². The molecule has 104 valence electrons. The van der Waals surface area contributed by atoms with Gasteiger partial charge in [-0.15, -0.1) is 0 Å². The van der Waals surface area contributed by atoms with Crippen LogP contribution in [0, 0.1) is 0 Å². The third kappa shape index (κ3) is 2.29. The van der Waals surface area contributed by atoms with Gasteiger partial charge in [0.2, 0.25) is 0 Å². The standard InChI is InChI=1S/C13H14N4O3/c18-12(10-8-14-9-15-10)16-3-5-17(6-4-16)13(19)11-2-1-7-20-11/h1-2,7-9H,3-6H2,(H,14,15). The molecule has 1 saturated heterocycles. The molecule has 0 spiro atoms. The first kappa shape index (κ1) is 12.5. The number of nitrogens with one attached hydrogen (secondary N) is 1. The first-order valence-electron chi connectivity index (χ1n) is 6.36. The van der Waals surface area contributed by atoms with Gasteiger partial charge in [-0.1, -0.05) is 0 Å². The Bertz CT molecular complexity index is 529. The van der Waals surface area contributed by atoms with E-state index in [1.165, 1.54) is 18.8 Å². The maximum absolute atomic E-state index is 12.1. The zero-order chi connectivity index (χ0) is 13.9. The summed E-state index contributed by atoms with van der Waals surface area (Å²) in [6.07, 6.45) is 4.46. The number of imidazole rings is 1. The second-order valence-electron chi connectivity index (χ2n) is 4.53. The molecule has 7 heteroatoms. The summed E-state index contributed by atoms with van der Waals surface area (Å²) in [6.45, 7) is 2.01. The van der Waals surface area contributed by atoms with Crippen molar-refractivity contribution in [2.45, 2.75) is 0 Å². The molecule has 0 saturated carbocycles. The Hall–Kier alpha value is -2.57. The van der Waals surface area contributed by atoms with Crippen LogP contribution in [0.5, 0.6) is 0 Å². The molecule has 0 bridgehead atoms. The number of nitrogens with zero attached hydrogens (tertiary/aromatic N) is 3. The molecule has 0 radical (unpaired) electrons. The molecule has 0 aliphatic carbocycles. The van der Waals surface area contributed by atoms with Gasteiger partial charge in [0.25, 0.3) is 11.8 Å². The molecule has 1 aliphatic heterocycles. The smallest absolute Gasteiger partial charge is 0.289 e. The van der Waals surface area contributed by atoms with Crippen LogP contribution in [0.25, 0.3) is 0 Å². The van der Waals surface area contributed by atoms with Crippen molar-refractivity contribution in [2.75, 3.05) is 26.2 Å². The molecule has 2 aromatic rings. The molecule has 1 N–H and O–H groups in total. The van der Waals surface area contributed by atoms with Gasteiger partial charge in [-0.2, -0.15) is 0 Å². The number of furan rings is 1. The molecule has 0 unspecified atom stereocenters. The number of hydrogen-bond donors (Lipinski definition) is 1. The van der Waals surface area contributed by atoms with E-state index >= 15 is 0 Å². The Balaban J connectivity index is 1.60. The lowest BCUT2D eigenvalue weighted by atomic mass is 10.2. The van der Waals surface area contributed by atoms with Gasteiger partial charge < -0.3 is 19.2 Å². The first-order chi connectivity index (χ1) is 9.75. The number of hydrogen-bond acceptors (Lipinski definition) is 4. The third-order valence-electron chi connectivity index (χ3n) is 3.31. The summed E-state index contributed by atoms with van der Waals surface area (Å²) in [7, 11) is 0. The fraction of sp³-hybridized carbons (Fsp3) is 0.308. The SMILES string of the molecule is O=C(c1cnc[nH]1)N1CCN(C(=O)c2ccco2)CC1. The highest BCUT2D eigenvalue weighted by Crippen LogP contribution is 2.11. The highest BCUT2D eigenvalue weighted by molar-refractivity contribution is 5.93. The van der Waals surface area contributed by atoms with E-state index in [0.29, 0.717) is 37.6 Å². The second-order valence-corrected chi connectivity index (χ2v) is 4.53. The normalized spacial score (nSPS) is 15.4. The lowest BCUT2D eigenvalue weighted by Crippen LogP contribution is -2.50. The maximum Gasteiger partial charge on any atom is 0.289 e. The average molecular weight is 274 g/mol. The number of amides is 2. The molecule has 1 aliphatic rings. The Labute approximate surface area is 115 Å².